The van der Waals surface area contributed by atoms with Crippen LogP contribution in [-0.4, -0.2) is 24.8 Å². The van der Waals surface area contributed by atoms with Gasteiger partial charge in [-0.15, -0.1) is 0 Å². The van der Waals surface area contributed by atoms with E-state index in [1.165, 1.54) is 12.1 Å². The van der Waals surface area contributed by atoms with Gasteiger partial charge in [0.25, 0.3) is 0 Å². The van der Waals surface area contributed by atoms with Crippen LogP contribution in [0.5, 0.6) is 0 Å². The Morgan fingerprint density at radius 2 is 2.38 bits per heavy atom. The predicted molar refractivity (Wildman–Crippen MR) is 49.7 cm³/mol. The average Bonchev–Trinajstić information content (AvgIpc) is 2.04. The number of hydrogen-bond donors (Lipinski definition) is 2. The Hall–Kier alpha value is -0.930. The van der Waals surface area contributed by atoms with E-state index in [4.69, 9.17) is 0 Å². The molecule has 2 nitrogen and oxygen atoms in total. The first-order chi connectivity index (χ1) is 6.22. The average molecular weight is 182 g/mol. The van der Waals surface area contributed by atoms with Crippen molar-refractivity contribution in [2.45, 2.75) is 6.10 Å². The van der Waals surface area contributed by atoms with Crippen LogP contribution in [0.3, 0.4) is 0 Å². The Morgan fingerprint density at radius 3 is 3.00 bits per heavy atom. The van der Waals surface area contributed by atoms with Crippen LogP contribution in [0.2, 0.25) is 0 Å². The molecule has 0 spiro atoms. The maximum Gasteiger partial charge on any atom is 0.123 e. The molecule has 71 valence electrons. The van der Waals surface area contributed by atoms with Gasteiger partial charge in [-0.3, -0.25) is 0 Å². The van der Waals surface area contributed by atoms with Gasteiger partial charge in [0.15, 0.2) is 0 Å². The number of hydrogen-bond acceptors (Lipinski definition) is 2. The van der Waals surface area contributed by atoms with Gasteiger partial charge in [0.05, 0.1) is 6.10 Å². The number of rotatable bonds is 4. The molecule has 1 atom stereocenters. The number of aliphatic hydroxyl groups is 1. The van der Waals surface area contributed by atoms with Crippen molar-refractivity contribution in [2.75, 3.05) is 13.6 Å². The third kappa shape index (κ3) is 3.53. The minimum atomic E-state index is -0.577. The summed E-state index contributed by atoms with van der Waals surface area (Å²) in [7, 11) is 1.75. The molecule has 0 aliphatic rings. The van der Waals surface area contributed by atoms with E-state index in [9.17, 15) is 9.50 Å². The molecule has 2 N–H and O–H groups in total. The summed E-state index contributed by atoms with van der Waals surface area (Å²) in [5.74, 6) is -0.287. The maximum absolute atomic E-state index is 12.7. The molecule has 0 fully saturated rings. The molecule has 1 unspecified atom stereocenters. The molecule has 1 aromatic rings. The number of aliphatic hydroxyl groups excluding tert-OH is 1. The summed E-state index contributed by atoms with van der Waals surface area (Å²) < 4.78 is 12.7. The van der Waals surface area contributed by atoms with Crippen molar-refractivity contribution in [3.8, 4) is 0 Å². The lowest BCUT2D eigenvalue weighted by molar-refractivity contribution is 0.209. The third-order valence-corrected chi connectivity index (χ3v) is 1.65. The van der Waals surface area contributed by atoms with Crippen molar-refractivity contribution >= 4 is 0 Å². The second kappa shape index (κ2) is 4.94. The lowest BCUT2D eigenvalue weighted by Crippen LogP contribution is -2.24. The van der Waals surface area contributed by atoms with Crippen LogP contribution >= 0.6 is 0 Å². The van der Waals surface area contributed by atoms with E-state index in [-0.39, 0.29) is 5.82 Å². The fraction of sp³-hybridized carbons (Fsp3) is 0.300. The molecular weight excluding hydrogens is 169 g/mol. The molecule has 13 heavy (non-hydrogen) atoms. The van der Waals surface area contributed by atoms with Gasteiger partial charge in [0.1, 0.15) is 5.82 Å². The molecule has 0 aliphatic carbocycles. The standard InChI is InChI=1S/C10H13FNO/c1-12-7-10(13)6-8-3-2-4-9(11)5-8/h2-6,10,12-13H,7H2,1H3. The molecule has 0 aromatic heterocycles. The van der Waals surface area contributed by atoms with Crippen molar-refractivity contribution in [3.05, 3.63) is 42.1 Å². The predicted octanol–water partition coefficient (Wildman–Crippen LogP) is 0.958. The van der Waals surface area contributed by atoms with Crippen LogP contribution in [-0.2, 0) is 0 Å². The molecule has 0 bridgehead atoms. The number of nitrogens with one attached hydrogen (secondary N) is 1. The van der Waals surface area contributed by atoms with E-state index in [1.807, 2.05) is 0 Å². The maximum atomic E-state index is 12.7. The van der Waals surface area contributed by atoms with Crippen LogP contribution in [0, 0.1) is 12.2 Å². The first-order valence-corrected chi connectivity index (χ1v) is 4.15. The highest BCUT2D eigenvalue weighted by molar-refractivity contribution is 5.24. The summed E-state index contributed by atoms with van der Waals surface area (Å²) in [6, 6.07) is 6.13. The molecule has 0 aliphatic heterocycles. The fourth-order valence-electron chi connectivity index (χ4n) is 1.10. The smallest absolute Gasteiger partial charge is 0.123 e. The largest absolute Gasteiger partial charge is 0.391 e. The van der Waals surface area contributed by atoms with Crippen LogP contribution in [0.4, 0.5) is 4.39 Å². The van der Waals surface area contributed by atoms with Gasteiger partial charge < -0.3 is 10.4 Å². The Kier molecular flexibility index (Phi) is 3.86. The van der Waals surface area contributed by atoms with Crippen LogP contribution in [0.1, 0.15) is 5.56 Å². The highest BCUT2D eigenvalue weighted by Crippen LogP contribution is 2.07. The number of halogens is 1. The fourth-order valence-corrected chi connectivity index (χ4v) is 1.10. The second-order valence-electron chi connectivity index (χ2n) is 2.85. The summed E-state index contributed by atoms with van der Waals surface area (Å²) in [5, 5.41) is 12.2. The second-order valence-corrected chi connectivity index (χ2v) is 2.85. The van der Waals surface area contributed by atoms with Crippen molar-refractivity contribution in [2.24, 2.45) is 0 Å². The van der Waals surface area contributed by atoms with Gasteiger partial charge >= 0.3 is 0 Å². The lowest BCUT2D eigenvalue weighted by atomic mass is 10.1. The third-order valence-electron chi connectivity index (χ3n) is 1.65. The molecule has 0 saturated carbocycles. The van der Waals surface area contributed by atoms with Crippen LogP contribution in [0.15, 0.2) is 24.3 Å². The van der Waals surface area contributed by atoms with E-state index in [0.717, 1.165) is 0 Å². The summed E-state index contributed by atoms with van der Waals surface area (Å²) in [6.45, 7) is 0.469. The number of benzene rings is 1. The normalized spacial score (nSPS) is 12.8. The topological polar surface area (TPSA) is 32.3 Å². The van der Waals surface area contributed by atoms with E-state index >= 15 is 0 Å². The first kappa shape index (κ1) is 10.2. The van der Waals surface area contributed by atoms with Gasteiger partial charge in [-0.05, 0) is 24.7 Å². The molecule has 0 heterocycles. The Labute approximate surface area is 77.4 Å². The molecule has 1 aromatic carbocycles. The summed E-state index contributed by atoms with van der Waals surface area (Å²) >= 11 is 0. The SMILES string of the molecule is CNCC(O)[CH]c1cccc(F)c1. The molecule has 1 rings (SSSR count). The van der Waals surface area contributed by atoms with Gasteiger partial charge in [-0.25, -0.2) is 4.39 Å². The highest BCUT2D eigenvalue weighted by atomic mass is 19.1. The minimum Gasteiger partial charge on any atom is -0.391 e. The van der Waals surface area contributed by atoms with E-state index in [2.05, 4.69) is 5.32 Å². The van der Waals surface area contributed by atoms with Crippen LogP contribution < -0.4 is 5.32 Å². The first-order valence-electron chi connectivity index (χ1n) is 4.15. The molecular formula is C10H13FNO. The van der Waals surface area contributed by atoms with Crippen LogP contribution in [0.25, 0.3) is 0 Å². The zero-order valence-corrected chi connectivity index (χ0v) is 7.50. The van der Waals surface area contributed by atoms with E-state index in [1.54, 1.807) is 25.6 Å². The summed E-state index contributed by atoms with van der Waals surface area (Å²) in [5.41, 5.74) is 0.697. The Morgan fingerprint density at radius 1 is 1.62 bits per heavy atom. The van der Waals surface area contributed by atoms with Gasteiger partial charge in [0.2, 0.25) is 0 Å². The molecule has 0 amide bonds. The Bertz CT molecular complexity index is 265. The monoisotopic (exact) mass is 182 g/mol. The van der Waals surface area contributed by atoms with Gasteiger partial charge in [-0.2, -0.15) is 0 Å². The summed E-state index contributed by atoms with van der Waals surface area (Å²) in [4.78, 5) is 0. The van der Waals surface area contributed by atoms with Crippen molar-refractivity contribution < 1.29 is 9.50 Å². The molecule has 0 saturated heterocycles. The minimum absolute atomic E-state index is 0.287. The zero-order valence-electron chi connectivity index (χ0n) is 7.50. The quantitative estimate of drug-likeness (QED) is 0.727. The Balaban J connectivity index is 2.53. The van der Waals surface area contributed by atoms with Crippen molar-refractivity contribution in [3.63, 3.8) is 0 Å². The lowest BCUT2D eigenvalue weighted by Gasteiger charge is -2.08. The van der Waals surface area contributed by atoms with Crippen molar-refractivity contribution in [1.82, 2.24) is 5.32 Å². The summed E-state index contributed by atoms with van der Waals surface area (Å²) in [6.07, 6.45) is 1.03. The van der Waals surface area contributed by atoms with E-state index in [0.29, 0.717) is 12.1 Å². The van der Waals surface area contributed by atoms with E-state index < -0.39 is 6.10 Å². The molecule has 1 radical (unpaired) electrons. The van der Waals surface area contributed by atoms with Gasteiger partial charge in [-0.1, -0.05) is 12.1 Å². The van der Waals surface area contributed by atoms with Crippen molar-refractivity contribution in [1.29, 1.82) is 0 Å². The highest BCUT2D eigenvalue weighted by Gasteiger charge is 2.04. The zero-order chi connectivity index (χ0) is 9.68. The molecule has 3 heteroatoms. The van der Waals surface area contributed by atoms with Gasteiger partial charge in [0, 0.05) is 13.0 Å². The number of likely N-dealkylation sites (N-methyl/N-ethyl adjacent to an activating group) is 1.